The van der Waals surface area contributed by atoms with E-state index in [1.54, 1.807) is 42.7 Å². The Hall–Kier alpha value is -4.19. The first-order valence-corrected chi connectivity index (χ1v) is 10.8. The molecule has 0 unspecified atom stereocenters. The van der Waals surface area contributed by atoms with E-state index < -0.39 is 0 Å². The summed E-state index contributed by atoms with van der Waals surface area (Å²) in [5.74, 6) is 1.10. The van der Waals surface area contributed by atoms with Crippen LogP contribution in [-0.4, -0.2) is 29.0 Å². The molecule has 0 aliphatic carbocycles. The van der Waals surface area contributed by atoms with Gasteiger partial charge in [-0.1, -0.05) is 66.7 Å². The zero-order valence-electron chi connectivity index (χ0n) is 18.1. The van der Waals surface area contributed by atoms with Gasteiger partial charge < -0.3 is 14.8 Å². The fraction of sp³-hybridized carbons (Fsp3) is 0.148. The van der Waals surface area contributed by atoms with Gasteiger partial charge in [0.15, 0.2) is 6.61 Å². The van der Waals surface area contributed by atoms with E-state index in [1.165, 1.54) is 11.1 Å². The molecule has 4 aromatic rings. The molecule has 0 spiro atoms. The number of benzene rings is 3. The molecule has 1 aromatic heterocycles. The van der Waals surface area contributed by atoms with E-state index in [-0.39, 0.29) is 24.4 Å². The van der Waals surface area contributed by atoms with Gasteiger partial charge in [-0.15, -0.1) is 0 Å². The van der Waals surface area contributed by atoms with Gasteiger partial charge in [0, 0.05) is 30.9 Å². The summed E-state index contributed by atoms with van der Waals surface area (Å²) in [4.78, 5) is 20.4. The maximum atomic E-state index is 12.4. The average molecular weight is 440 g/mol. The summed E-state index contributed by atoms with van der Waals surface area (Å²) >= 11 is 0. The summed E-state index contributed by atoms with van der Waals surface area (Å²) in [6.45, 7) is 0.470. The number of nitrogens with one attached hydrogen (secondary N) is 1. The fourth-order valence-electron chi connectivity index (χ4n) is 3.52. The molecular weight excluding hydrogens is 414 g/mol. The largest absolute Gasteiger partial charge is 0.484 e. The van der Waals surface area contributed by atoms with Crippen LogP contribution in [0.1, 0.15) is 23.5 Å². The number of aromatic nitrogens is 2. The minimum absolute atomic E-state index is 0.0768. The smallest absolute Gasteiger partial charge is 0.321 e. The quantitative estimate of drug-likeness (QED) is 0.377. The lowest BCUT2D eigenvalue weighted by molar-refractivity contribution is -0.123. The van der Waals surface area contributed by atoms with Crippen molar-refractivity contribution in [1.82, 2.24) is 15.3 Å². The van der Waals surface area contributed by atoms with Crippen LogP contribution in [0.15, 0.2) is 103 Å². The third-order valence-electron chi connectivity index (χ3n) is 5.09. The van der Waals surface area contributed by atoms with E-state index in [2.05, 4.69) is 39.6 Å². The van der Waals surface area contributed by atoms with Gasteiger partial charge in [0.1, 0.15) is 11.5 Å². The highest BCUT2D eigenvalue weighted by Gasteiger charge is 2.14. The number of hydrogen-bond acceptors (Lipinski definition) is 5. The van der Waals surface area contributed by atoms with Crippen molar-refractivity contribution in [3.8, 4) is 17.5 Å². The molecule has 0 aliphatic rings. The SMILES string of the molecule is O=C(COc1cccc(Oc2ncccn2)c1)NCCC(c1ccccc1)c1ccccc1. The maximum Gasteiger partial charge on any atom is 0.321 e. The van der Waals surface area contributed by atoms with Crippen LogP contribution in [0.25, 0.3) is 0 Å². The lowest BCUT2D eigenvalue weighted by Gasteiger charge is -2.18. The number of nitrogens with zero attached hydrogens (tertiary/aromatic N) is 2. The van der Waals surface area contributed by atoms with Crippen LogP contribution >= 0.6 is 0 Å². The minimum atomic E-state index is -0.174. The second-order valence-electron chi connectivity index (χ2n) is 7.41. The molecule has 0 bridgehead atoms. The zero-order chi connectivity index (χ0) is 22.7. The molecule has 6 nitrogen and oxygen atoms in total. The first-order valence-electron chi connectivity index (χ1n) is 10.8. The summed E-state index contributed by atoms with van der Waals surface area (Å²) in [5, 5.41) is 2.96. The summed E-state index contributed by atoms with van der Waals surface area (Å²) in [6, 6.07) is 29.7. The van der Waals surface area contributed by atoms with Crippen molar-refractivity contribution in [2.75, 3.05) is 13.2 Å². The molecule has 0 saturated carbocycles. The molecule has 1 heterocycles. The van der Waals surface area contributed by atoms with Gasteiger partial charge in [0.25, 0.3) is 5.91 Å². The number of rotatable bonds is 10. The number of amides is 1. The fourth-order valence-corrected chi connectivity index (χ4v) is 3.52. The standard InChI is InChI=1S/C27H25N3O3/c31-26(20-32-23-13-7-14-24(19-23)33-27-29-16-8-17-30-27)28-18-15-25(21-9-3-1-4-10-21)22-11-5-2-6-12-22/h1-14,16-17,19,25H,15,18,20H2,(H,28,31). The minimum Gasteiger partial charge on any atom is -0.484 e. The molecule has 0 saturated heterocycles. The molecule has 6 heteroatoms. The topological polar surface area (TPSA) is 73.3 Å². The predicted molar refractivity (Wildman–Crippen MR) is 126 cm³/mol. The Bertz CT molecular complexity index is 1100. The van der Waals surface area contributed by atoms with Crippen LogP contribution in [0.3, 0.4) is 0 Å². The van der Waals surface area contributed by atoms with Gasteiger partial charge in [0.2, 0.25) is 0 Å². The summed E-state index contributed by atoms with van der Waals surface area (Å²) < 4.78 is 11.2. The third kappa shape index (κ3) is 6.64. The van der Waals surface area contributed by atoms with Crippen LogP contribution in [0.5, 0.6) is 17.5 Å². The molecule has 3 aromatic carbocycles. The highest BCUT2D eigenvalue weighted by molar-refractivity contribution is 5.77. The Kier molecular flexibility index (Phi) is 7.63. The van der Waals surface area contributed by atoms with E-state index >= 15 is 0 Å². The second-order valence-corrected chi connectivity index (χ2v) is 7.41. The van der Waals surface area contributed by atoms with Crippen LogP contribution in [0.2, 0.25) is 0 Å². The average Bonchev–Trinajstić information content (AvgIpc) is 2.87. The van der Waals surface area contributed by atoms with Crippen LogP contribution in [0.4, 0.5) is 0 Å². The highest BCUT2D eigenvalue weighted by Crippen LogP contribution is 2.27. The van der Waals surface area contributed by atoms with Gasteiger partial charge in [-0.25, -0.2) is 9.97 Å². The molecule has 0 radical (unpaired) electrons. The number of ether oxygens (including phenoxy) is 2. The number of hydrogen-bond donors (Lipinski definition) is 1. The van der Waals surface area contributed by atoms with Crippen molar-refractivity contribution in [1.29, 1.82) is 0 Å². The lowest BCUT2D eigenvalue weighted by atomic mass is 9.88. The number of carbonyl (C=O) groups excluding carboxylic acids is 1. The molecule has 1 amide bonds. The van der Waals surface area contributed by atoms with E-state index in [9.17, 15) is 4.79 Å². The Labute approximate surface area is 193 Å². The van der Waals surface area contributed by atoms with Gasteiger partial charge in [-0.2, -0.15) is 0 Å². The van der Waals surface area contributed by atoms with Crippen molar-refractivity contribution < 1.29 is 14.3 Å². The molecule has 1 N–H and O–H groups in total. The Morgan fingerprint density at radius 2 is 1.42 bits per heavy atom. The predicted octanol–water partition coefficient (Wildman–Crippen LogP) is 4.99. The van der Waals surface area contributed by atoms with Crippen molar-refractivity contribution in [2.24, 2.45) is 0 Å². The molecular formula is C27H25N3O3. The molecule has 4 rings (SSSR count). The molecule has 0 atom stereocenters. The lowest BCUT2D eigenvalue weighted by Crippen LogP contribution is -2.30. The molecule has 166 valence electrons. The number of carbonyl (C=O) groups is 1. The monoisotopic (exact) mass is 439 g/mol. The van der Waals surface area contributed by atoms with Crippen molar-refractivity contribution in [3.05, 3.63) is 115 Å². The van der Waals surface area contributed by atoms with Gasteiger partial charge in [-0.3, -0.25) is 4.79 Å². The Balaban J connectivity index is 1.28. The van der Waals surface area contributed by atoms with E-state index in [0.29, 0.717) is 18.0 Å². The zero-order valence-corrected chi connectivity index (χ0v) is 18.1. The molecule has 33 heavy (non-hydrogen) atoms. The van der Waals surface area contributed by atoms with Crippen LogP contribution < -0.4 is 14.8 Å². The van der Waals surface area contributed by atoms with Crippen LogP contribution in [0, 0.1) is 0 Å². The highest BCUT2D eigenvalue weighted by atomic mass is 16.5. The van der Waals surface area contributed by atoms with Crippen LogP contribution in [-0.2, 0) is 4.79 Å². The molecule has 0 aliphatic heterocycles. The maximum absolute atomic E-state index is 12.4. The van der Waals surface area contributed by atoms with Crippen molar-refractivity contribution >= 4 is 5.91 Å². The van der Waals surface area contributed by atoms with E-state index in [0.717, 1.165) is 6.42 Å². The van der Waals surface area contributed by atoms with Crippen molar-refractivity contribution in [3.63, 3.8) is 0 Å². The first kappa shape index (κ1) is 22.0. The molecule has 0 fully saturated rings. The van der Waals surface area contributed by atoms with Gasteiger partial charge >= 0.3 is 6.01 Å². The summed E-state index contributed by atoms with van der Waals surface area (Å²) in [6.07, 6.45) is 4.00. The Morgan fingerprint density at radius 1 is 0.788 bits per heavy atom. The first-order chi connectivity index (χ1) is 16.3. The van der Waals surface area contributed by atoms with E-state index in [1.807, 2.05) is 36.4 Å². The van der Waals surface area contributed by atoms with Gasteiger partial charge in [-0.05, 0) is 35.7 Å². The second kappa shape index (κ2) is 11.4. The van der Waals surface area contributed by atoms with E-state index in [4.69, 9.17) is 9.47 Å². The summed E-state index contributed by atoms with van der Waals surface area (Å²) in [7, 11) is 0. The Morgan fingerprint density at radius 3 is 2.09 bits per heavy atom. The van der Waals surface area contributed by atoms with Crippen molar-refractivity contribution in [2.45, 2.75) is 12.3 Å². The third-order valence-corrected chi connectivity index (χ3v) is 5.09. The normalized spacial score (nSPS) is 10.6. The summed E-state index contributed by atoms with van der Waals surface area (Å²) in [5.41, 5.74) is 2.46. The van der Waals surface area contributed by atoms with Gasteiger partial charge in [0.05, 0.1) is 0 Å².